The summed E-state index contributed by atoms with van der Waals surface area (Å²) in [6, 6.07) is 4.74. The molecule has 0 amide bonds. The first-order valence-corrected chi connectivity index (χ1v) is 10.3. The van der Waals surface area contributed by atoms with Crippen molar-refractivity contribution in [1.82, 2.24) is 0 Å². The van der Waals surface area contributed by atoms with E-state index in [9.17, 15) is 18.0 Å². The van der Waals surface area contributed by atoms with Gasteiger partial charge in [0.2, 0.25) is 0 Å². The maximum absolute atomic E-state index is 12.9. The molecule has 0 aromatic heterocycles. The fraction of sp³-hybridized carbons (Fsp3) is 0.682. The van der Waals surface area contributed by atoms with E-state index in [4.69, 9.17) is 4.74 Å². The van der Waals surface area contributed by atoms with Gasteiger partial charge in [0.1, 0.15) is 0 Å². The third-order valence-corrected chi connectivity index (χ3v) is 4.68. The second kappa shape index (κ2) is 13.6. The van der Waals surface area contributed by atoms with E-state index in [0.29, 0.717) is 6.42 Å². The summed E-state index contributed by atoms with van der Waals surface area (Å²) >= 11 is 0. The van der Waals surface area contributed by atoms with Crippen molar-refractivity contribution in [2.24, 2.45) is 0 Å². The lowest BCUT2D eigenvalue weighted by atomic mass is 10.1. The van der Waals surface area contributed by atoms with Gasteiger partial charge in [-0.1, -0.05) is 89.7 Å². The largest absolute Gasteiger partial charge is 0.462 e. The number of esters is 1. The Morgan fingerprint density at radius 2 is 1.30 bits per heavy atom. The molecule has 0 atom stereocenters. The third kappa shape index (κ3) is 10.4. The minimum absolute atomic E-state index is 0.169. The zero-order valence-corrected chi connectivity index (χ0v) is 16.5. The zero-order chi connectivity index (χ0) is 20.0. The summed E-state index contributed by atoms with van der Waals surface area (Å²) in [6.45, 7) is 2.39. The molecule has 0 bridgehead atoms. The van der Waals surface area contributed by atoms with E-state index in [1.54, 1.807) is 0 Å². The molecule has 0 fully saturated rings. The predicted molar refractivity (Wildman–Crippen MR) is 103 cm³/mol. The van der Waals surface area contributed by atoms with Crippen LogP contribution < -0.4 is 0 Å². The molecule has 0 aliphatic carbocycles. The lowest BCUT2D eigenvalue weighted by Crippen LogP contribution is -2.15. The van der Waals surface area contributed by atoms with Gasteiger partial charge >= 0.3 is 12.1 Å². The van der Waals surface area contributed by atoms with Gasteiger partial charge in [0.25, 0.3) is 0 Å². The van der Waals surface area contributed by atoms with E-state index in [2.05, 4.69) is 6.92 Å². The normalized spacial score (nSPS) is 11.6. The van der Waals surface area contributed by atoms with Gasteiger partial charge in [0.05, 0.1) is 17.7 Å². The van der Waals surface area contributed by atoms with Crippen LogP contribution in [0.2, 0.25) is 0 Å². The van der Waals surface area contributed by atoms with Gasteiger partial charge in [-0.05, 0) is 18.6 Å². The Morgan fingerprint density at radius 1 is 0.815 bits per heavy atom. The van der Waals surface area contributed by atoms with Gasteiger partial charge in [0.15, 0.2) is 0 Å². The van der Waals surface area contributed by atoms with Crippen LogP contribution in [0.25, 0.3) is 0 Å². The minimum Gasteiger partial charge on any atom is -0.462 e. The van der Waals surface area contributed by atoms with Crippen molar-refractivity contribution in [3.63, 3.8) is 0 Å². The van der Waals surface area contributed by atoms with Gasteiger partial charge in [-0.3, -0.25) is 0 Å². The molecule has 5 heteroatoms. The van der Waals surface area contributed by atoms with E-state index >= 15 is 0 Å². The molecule has 0 spiro atoms. The van der Waals surface area contributed by atoms with E-state index < -0.39 is 23.3 Å². The Labute approximate surface area is 161 Å². The molecule has 0 aliphatic heterocycles. The number of hydrogen-bond acceptors (Lipinski definition) is 2. The summed E-state index contributed by atoms with van der Waals surface area (Å²) in [7, 11) is 0. The summed E-state index contributed by atoms with van der Waals surface area (Å²) in [5.74, 6) is -0.897. The van der Waals surface area contributed by atoms with Crippen LogP contribution >= 0.6 is 0 Å². The van der Waals surface area contributed by atoms with Gasteiger partial charge < -0.3 is 4.74 Å². The van der Waals surface area contributed by atoms with Crippen LogP contribution in [0, 0.1) is 0 Å². The minimum atomic E-state index is -4.55. The van der Waals surface area contributed by atoms with Gasteiger partial charge in [-0.15, -0.1) is 0 Å². The van der Waals surface area contributed by atoms with E-state index in [0.717, 1.165) is 25.0 Å². The van der Waals surface area contributed by atoms with Gasteiger partial charge in [-0.2, -0.15) is 13.2 Å². The fourth-order valence-corrected chi connectivity index (χ4v) is 3.09. The average Bonchev–Trinajstić information content (AvgIpc) is 2.64. The van der Waals surface area contributed by atoms with Crippen LogP contribution in [0.4, 0.5) is 13.2 Å². The van der Waals surface area contributed by atoms with Crippen molar-refractivity contribution in [3.05, 3.63) is 35.4 Å². The Balaban J connectivity index is 2.07. The molecule has 0 radical (unpaired) electrons. The maximum Gasteiger partial charge on any atom is 0.417 e. The Hall–Kier alpha value is -1.52. The Morgan fingerprint density at radius 3 is 1.81 bits per heavy atom. The average molecular weight is 386 g/mol. The van der Waals surface area contributed by atoms with Crippen LogP contribution in [0.15, 0.2) is 24.3 Å². The Bertz CT molecular complexity index is 527. The van der Waals surface area contributed by atoms with Crippen molar-refractivity contribution in [2.45, 2.75) is 90.1 Å². The number of ether oxygens (including phenoxy) is 1. The second-order valence-electron chi connectivity index (χ2n) is 7.07. The molecule has 2 nitrogen and oxygen atoms in total. The van der Waals surface area contributed by atoms with Crippen LogP contribution in [-0.4, -0.2) is 12.6 Å². The quantitative estimate of drug-likeness (QED) is 0.243. The molecular weight excluding hydrogens is 353 g/mol. The molecule has 0 saturated carbocycles. The molecule has 0 heterocycles. The molecule has 0 unspecified atom stereocenters. The first-order valence-electron chi connectivity index (χ1n) is 10.3. The van der Waals surface area contributed by atoms with Crippen LogP contribution in [0.5, 0.6) is 0 Å². The van der Waals surface area contributed by atoms with Crippen LogP contribution in [0.1, 0.15) is 99.9 Å². The summed E-state index contributed by atoms with van der Waals surface area (Å²) < 4.78 is 43.7. The lowest BCUT2D eigenvalue weighted by Gasteiger charge is -2.12. The molecule has 0 saturated heterocycles. The molecule has 27 heavy (non-hydrogen) atoms. The van der Waals surface area contributed by atoms with Gasteiger partial charge in [-0.25, -0.2) is 4.79 Å². The highest BCUT2D eigenvalue weighted by Crippen LogP contribution is 2.32. The standard InChI is InChI=1S/C22H33F3O2/c1-2-3-4-5-6-7-8-9-10-11-12-15-18-27-21(26)19-16-13-14-17-20(19)22(23,24)25/h13-14,16-17H,2-12,15,18H2,1H3. The first-order chi connectivity index (χ1) is 13.0. The molecule has 154 valence electrons. The fourth-order valence-electron chi connectivity index (χ4n) is 3.09. The molecule has 1 aromatic rings. The second-order valence-corrected chi connectivity index (χ2v) is 7.07. The molecule has 0 aliphatic rings. The molecular formula is C22H33F3O2. The van der Waals surface area contributed by atoms with Crippen LogP contribution in [-0.2, 0) is 10.9 Å². The number of hydrogen-bond donors (Lipinski definition) is 0. The molecule has 1 rings (SSSR count). The van der Waals surface area contributed by atoms with E-state index in [1.807, 2.05) is 0 Å². The number of carbonyl (C=O) groups is 1. The highest BCUT2D eigenvalue weighted by molar-refractivity contribution is 5.91. The third-order valence-electron chi connectivity index (χ3n) is 4.68. The first kappa shape index (κ1) is 23.5. The van der Waals surface area contributed by atoms with E-state index in [1.165, 1.54) is 69.9 Å². The van der Waals surface area contributed by atoms with Crippen molar-refractivity contribution in [2.75, 3.05) is 6.61 Å². The van der Waals surface area contributed by atoms with Crippen molar-refractivity contribution >= 4 is 5.97 Å². The number of alkyl halides is 3. The maximum atomic E-state index is 12.9. The van der Waals surface area contributed by atoms with Crippen molar-refractivity contribution in [3.8, 4) is 0 Å². The number of halogens is 3. The summed E-state index contributed by atoms with van der Waals surface area (Å²) in [5, 5.41) is 0. The van der Waals surface area contributed by atoms with Crippen molar-refractivity contribution < 1.29 is 22.7 Å². The highest BCUT2D eigenvalue weighted by Gasteiger charge is 2.35. The number of benzene rings is 1. The number of rotatable bonds is 14. The van der Waals surface area contributed by atoms with E-state index in [-0.39, 0.29) is 6.61 Å². The number of carbonyl (C=O) groups excluding carboxylic acids is 1. The topological polar surface area (TPSA) is 26.3 Å². The highest BCUT2D eigenvalue weighted by atomic mass is 19.4. The monoisotopic (exact) mass is 386 g/mol. The predicted octanol–water partition coefficient (Wildman–Crippen LogP) is 7.56. The molecule has 1 aromatic carbocycles. The lowest BCUT2D eigenvalue weighted by molar-refractivity contribution is -0.138. The Kier molecular flexibility index (Phi) is 11.9. The zero-order valence-electron chi connectivity index (χ0n) is 16.5. The van der Waals surface area contributed by atoms with Gasteiger partial charge in [0, 0.05) is 0 Å². The molecule has 0 N–H and O–H groups in total. The summed E-state index contributed by atoms with van der Waals surface area (Å²) in [5.41, 5.74) is -1.35. The summed E-state index contributed by atoms with van der Waals surface area (Å²) in [4.78, 5) is 11.9. The van der Waals surface area contributed by atoms with Crippen molar-refractivity contribution in [1.29, 1.82) is 0 Å². The number of unbranched alkanes of at least 4 members (excludes halogenated alkanes) is 11. The SMILES string of the molecule is CCCCCCCCCCCCCCOC(=O)c1ccccc1C(F)(F)F. The smallest absolute Gasteiger partial charge is 0.417 e. The van der Waals surface area contributed by atoms with Crippen LogP contribution in [0.3, 0.4) is 0 Å². The summed E-state index contributed by atoms with van der Waals surface area (Å²) in [6.07, 6.45) is 9.77.